The van der Waals surface area contributed by atoms with Crippen LogP contribution in [0.2, 0.25) is 0 Å². The molecule has 6 heteroatoms. The van der Waals surface area contributed by atoms with Crippen LogP contribution in [0.3, 0.4) is 0 Å². The zero-order valence-corrected chi connectivity index (χ0v) is 16.3. The first kappa shape index (κ1) is 18.3. The van der Waals surface area contributed by atoms with Crippen LogP contribution in [0.25, 0.3) is 0 Å². The van der Waals surface area contributed by atoms with Crippen molar-refractivity contribution in [3.8, 4) is 0 Å². The Balaban J connectivity index is 0.00000192. The molecule has 3 rings (SSSR count). The van der Waals surface area contributed by atoms with Gasteiger partial charge in [0, 0.05) is 25.3 Å². The second-order valence-electron chi connectivity index (χ2n) is 6.55. The van der Waals surface area contributed by atoms with Crippen LogP contribution in [0, 0.1) is 12.8 Å². The van der Waals surface area contributed by atoms with Crippen molar-refractivity contribution >= 4 is 35.8 Å². The predicted octanol–water partition coefficient (Wildman–Crippen LogP) is 2.81. The number of aliphatic imine (C=N–C) groups is 1. The number of aryl methyl sites for hydroxylation is 1. The SMILES string of the molecule is Cc1cc(CN=C(N)NCC2CCC2)cc(N2CCCC2)n1.I. The highest BCUT2D eigenvalue weighted by atomic mass is 127. The third-order valence-corrected chi connectivity index (χ3v) is 4.66. The third-order valence-electron chi connectivity index (χ3n) is 4.66. The minimum atomic E-state index is 0. The van der Waals surface area contributed by atoms with Crippen LogP contribution in [-0.4, -0.2) is 30.6 Å². The molecule has 0 unspecified atom stereocenters. The van der Waals surface area contributed by atoms with Crippen molar-refractivity contribution in [1.82, 2.24) is 10.3 Å². The monoisotopic (exact) mass is 429 g/mol. The van der Waals surface area contributed by atoms with E-state index < -0.39 is 0 Å². The number of hydrogen-bond acceptors (Lipinski definition) is 3. The second kappa shape index (κ2) is 8.70. The van der Waals surface area contributed by atoms with Crippen LogP contribution in [0.5, 0.6) is 0 Å². The molecule has 2 heterocycles. The number of guanidine groups is 1. The van der Waals surface area contributed by atoms with Gasteiger partial charge in [0.05, 0.1) is 6.54 Å². The standard InChI is InChI=1S/C17H27N5.HI/c1-13-9-15(10-16(21-13)22-7-2-3-8-22)12-20-17(18)19-11-14-5-4-6-14;/h9-10,14H,2-8,11-12H2,1H3,(H3,18,19,20);1H. The van der Waals surface area contributed by atoms with E-state index in [1.54, 1.807) is 0 Å². The van der Waals surface area contributed by atoms with Gasteiger partial charge in [0.2, 0.25) is 0 Å². The van der Waals surface area contributed by atoms with Crippen LogP contribution >= 0.6 is 24.0 Å². The number of anilines is 1. The summed E-state index contributed by atoms with van der Waals surface area (Å²) in [5, 5.41) is 3.24. The molecular weight excluding hydrogens is 401 g/mol. The molecule has 23 heavy (non-hydrogen) atoms. The summed E-state index contributed by atoms with van der Waals surface area (Å²) >= 11 is 0. The minimum absolute atomic E-state index is 0. The first-order chi connectivity index (χ1) is 10.7. The molecule has 1 aromatic rings. The lowest BCUT2D eigenvalue weighted by Crippen LogP contribution is -2.37. The maximum absolute atomic E-state index is 5.96. The fourth-order valence-electron chi connectivity index (χ4n) is 3.10. The van der Waals surface area contributed by atoms with Crippen molar-refractivity contribution in [2.75, 3.05) is 24.5 Å². The summed E-state index contributed by atoms with van der Waals surface area (Å²) in [7, 11) is 0. The van der Waals surface area contributed by atoms with Crippen LogP contribution in [0.4, 0.5) is 5.82 Å². The molecule has 0 spiro atoms. The molecule has 3 N–H and O–H groups in total. The lowest BCUT2D eigenvalue weighted by Gasteiger charge is -2.25. The summed E-state index contributed by atoms with van der Waals surface area (Å²) in [6, 6.07) is 4.25. The smallest absolute Gasteiger partial charge is 0.188 e. The highest BCUT2D eigenvalue weighted by Gasteiger charge is 2.17. The third kappa shape index (κ3) is 5.22. The van der Waals surface area contributed by atoms with E-state index >= 15 is 0 Å². The largest absolute Gasteiger partial charge is 0.370 e. The highest BCUT2D eigenvalue weighted by Crippen LogP contribution is 2.25. The Hall–Kier alpha value is -1.05. The fraction of sp³-hybridized carbons (Fsp3) is 0.647. The van der Waals surface area contributed by atoms with Crippen LogP contribution in [0.1, 0.15) is 43.4 Å². The van der Waals surface area contributed by atoms with Gasteiger partial charge in [-0.3, -0.25) is 0 Å². The van der Waals surface area contributed by atoms with Gasteiger partial charge < -0.3 is 16.0 Å². The van der Waals surface area contributed by atoms with Crippen molar-refractivity contribution in [1.29, 1.82) is 0 Å². The fourth-order valence-corrected chi connectivity index (χ4v) is 3.10. The number of hydrogen-bond donors (Lipinski definition) is 2. The summed E-state index contributed by atoms with van der Waals surface area (Å²) in [4.78, 5) is 11.5. The summed E-state index contributed by atoms with van der Waals surface area (Å²) in [5.74, 6) is 2.44. The number of nitrogens with one attached hydrogen (secondary N) is 1. The predicted molar refractivity (Wildman–Crippen MR) is 107 cm³/mol. The Morgan fingerprint density at radius 3 is 2.70 bits per heavy atom. The number of rotatable bonds is 5. The molecule has 2 aliphatic rings. The molecule has 1 aromatic heterocycles. The Morgan fingerprint density at radius 2 is 2.04 bits per heavy atom. The van der Waals surface area contributed by atoms with E-state index in [0.717, 1.165) is 37.1 Å². The average molecular weight is 429 g/mol. The highest BCUT2D eigenvalue weighted by molar-refractivity contribution is 14.0. The number of nitrogens with two attached hydrogens (primary N) is 1. The zero-order valence-electron chi connectivity index (χ0n) is 13.9. The van der Waals surface area contributed by atoms with Crippen molar-refractivity contribution in [2.45, 2.75) is 45.6 Å². The maximum Gasteiger partial charge on any atom is 0.188 e. The Kier molecular flexibility index (Phi) is 6.92. The molecule has 1 saturated heterocycles. The summed E-state index contributed by atoms with van der Waals surface area (Å²) in [6.45, 7) is 5.86. The Morgan fingerprint density at radius 1 is 1.30 bits per heavy atom. The van der Waals surface area contributed by atoms with Gasteiger partial charge >= 0.3 is 0 Å². The molecule has 0 aromatic carbocycles. The van der Waals surface area contributed by atoms with Crippen LogP contribution < -0.4 is 16.0 Å². The normalized spacial score (nSPS) is 18.5. The zero-order chi connectivity index (χ0) is 15.4. The van der Waals surface area contributed by atoms with Gasteiger partial charge in [-0.1, -0.05) is 6.42 Å². The maximum atomic E-state index is 5.96. The Labute approximate surface area is 156 Å². The lowest BCUT2D eigenvalue weighted by atomic mass is 9.85. The van der Waals surface area contributed by atoms with E-state index in [1.165, 1.54) is 37.7 Å². The molecular formula is C17H28IN5. The minimum Gasteiger partial charge on any atom is -0.370 e. The topological polar surface area (TPSA) is 66.5 Å². The lowest BCUT2D eigenvalue weighted by molar-refractivity contribution is 0.315. The number of pyridine rings is 1. The summed E-state index contributed by atoms with van der Waals surface area (Å²) in [6.07, 6.45) is 6.54. The molecule has 2 fully saturated rings. The van der Waals surface area contributed by atoms with E-state index in [-0.39, 0.29) is 24.0 Å². The molecule has 1 aliphatic heterocycles. The molecule has 0 atom stereocenters. The summed E-state index contributed by atoms with van der Waals surface area (Å²) < 4.78 is 0. The van der Waals surface area contributed by atoms with Gasteiger partial charge in [0.1, 0.15) is 5.82 Å². The molecule has 1 saturated carbocycles. The van der Waals surface area contributed by atoms with Crippen LogP contribution in [-0.2, 0) is 6.54 Å². The second-order valence-corrected chi connectivity index (χ2v) is 6.55. The van der Waals surface area contributed by atoms with E-state index in [4.69, 9.17) is 5.73 Å². The molecule has 0 amide bonds. The van der Waals surface area contributed by atoms with Crippen molar-refractivity contribution in [3.05, 3.63) is 23.4 Å². The van der Waals surface area contributed by atoms with E-state index in [0.29, 0.717) is 12.5 Å². The molecule has 128 valence electrons. The van der Waals surface area contributed by atoms with Gasteiger partial charge in [-0.2, -0.15) is 0 Å². The van der Waals surface area contributed by atoms with Gasteiger partial charge in [-0.15, -0.1) is 24.0 Å². The summed E-state index contributed by atoms with van der Waals surface area (Å²) in [5.41, 5.74) is 8.19. The Bertz CT molecular complexity index is 536. The quantitative estimate of drug-likeness (QED) is 0.429. The van der Waals surface area contributed by atoms with Crippen molar-refractivity contribution < 1.29 is 0 Å². The van der Waals surface area contributed by atoms with Gasteiger partial charge in [0.15, 0.2) is 5.96 Å². The van der Waals surface area contributed by atoms with Crippen LogP contribution in [0.15, 0.2) is 17.1 Å². The first-order valence-corrected chi connectivity index (χ1v) is 8.47. The van der Waals surface area contributed by atoms with E-state index in [2.05, 4.69) is 32.3 Å². The van der Waals surface area contributed by atoms with Crippen molar-refractivity contribution in [2.24, 2.45) is 16.6 Å². The average Bonchev–Trinajstić information content (AvgIpc) is 2.97. The van der Waals surface area contributed by atoms with Gasteiger partial charge in [0.25, 0.3) is 0 Å². The number of aromatic nitrogens is 1. The van der Waals surface area contributed by atoms with E-state index in [1.807, 2.05) is 6.92 Å². The first-order valence-electron chi connectivity index (χ1n) is 8.47. The molecule has 0 bridgehead atoms. The molecule has 1 aliphatic carbocycles. The number of nitrogens with zero attached hydrogens (tertiary/aromatic N) is 3. The number of halogens is 1. The van der Waals surface area contributed by atoms with Gasteiger partial charge in [-0.25, -0.2) is 9.98 Å². The molecule has 0 radical (unpaired) electrons. The van der Waals surface area contributed by atoms with E-state index in [9.17, 15) is 0 Å². The van der Waals surface area contributed by atoms with Crippen molar-refractivity contribution in [3.63, 3.8) is 0 Å². The van der Waals surface area contributed by atoms with Gasteiger partial charge in [-0.05, 0) is 56.2 Å². The molecule has 5 nitrogen and oxygen atoms in total.